The molecular formula is C5H5N3O2. The van der Waals surface area contributed by atoms with Crippen molar-refractivity contribution < 1.29 is 9.26 Å². The second-order valence-corrected chi connectivity index (χ2v) is 1.50. The van der Waals surface area contributed by atoms with Crippen molar-refractivity contribution in [2.45, 2.75) is 6.54 Å². The van der Waals surface area contributed by atoms with E-state index in [1.165, 1.54) is 7.11 Å². The SMILES string of the molecule is [C-]#[N+]Cc1noc(OC)n1. The summed E-state index contributed by atoms with van der Waals surface area (Å²) in [6.07, 6.45) is 0.0960. The Kier molecular flexibility index (Phi) is 1.85. The summed E-state index contributed by atoms with van der Waals surface area (Å²) in [7, 11) is 1.43. The normalized spacial score (nSPS) is 8.80. The molecule has 0 spiro atoms. The lowest BCUT2D eigenvalue weighted by Gasteiger charge is -1.81. The van der Waals surface area contributed by atoms with Crippen LogP contribution >= 0.6 is 0 Å². The molecule has 0 saturated carbocycles. The van der Waals surface area contributed by atoms with Crippen LogP contribution in [0.25, 0.3) is 4.85 Å². The lowest BCUT2D eigenvalue weighted by atomic mass is 10.6. The Hall–Kier alpha value is -1.57. The molecule has 1 aromatic heterocycles. The molecule has 0 bridgehead atoms. The van der Waals surface area contributed by atoms with Crippen LogP contribution in [0.4, 0.5) is 0 Å². The second kappa shape index (κ2) is 2.82. The molecule has 1 heterocycles. The van der Waals surface area contributed by atoms with E-state index in [4.69, 9.17) is 6.57 Å². The molecule has 0 amide bonds. The van der Waals surface area contributed by atoms with Gasteiger partial charge in [-0.2, -0.15) is 0 Å². The maximum atomic E-state index is 6.47. The highest BCUT2D eigenvalue weighted by molar-refractivity contribution is 4.91. The van der Waals surface area contributed by atoms with Crippen LogP contribution in [-0.2, 0) is 6.54 Å². The molecule has 0 atom stereocenters. The summed E-state index contributed by atoms with van der Waals surface area (Å²) in [5.41, 5.74) is 0. The molecule has 1 aromatic rings. The van der Waals surface area contributed by atoms with Crippen LogP contribution in [0.1, 0.15) is 5.82 Å². The molecular weight excluding hydrogens is 134 g/mol. The van der Waals surface area contributed by atoms with Crippen molar-refractivity contribution in [3.8, 4) is 6.08 Å². The molecule has 0 aliphatic heterocycles. The first-order chi connectivity index (χ1) is 4.86. The van der Waals surface area contributed by atoms with Gasteiger partial charge in [-0.3, -0.25) is 4.52 Å². The molecule has 0 unspecified atom stereocenters. The standard InChI is InChI=1S/C5H5N3O2/c1-6-3-4-7-5(9-2)10-8-4/h3H2,2H3. The summed E-state index contributed by atoms with van der Waals surface area (Å²) in [5.74, 6) is 0.354. The predicted octanol–water partition coefficient (Wildman–Crippen LogP) is 0.497. The van der Waals surface area contributed by atoms with Crippen LogP contribution in [0, 0.1) is 6.57 Å². The van der Waals surface area contributed by atoms with Gasteiger partial charge in [0.25, 0.3) is 12.4 Å². The topological polar surface area (TPSA) is 52.5 Å². The summed E-state index contributed by atoms with van der Waals surface area (Å²) in [6.45, 7) is 6.60. The summed E-state index contributed by atoms with van der Waals surface area (Å²) in [5, 5.41) is 3.45. The molecule has 52 valence electrons. The molecule has 0 N–H and O–H groups in total. The Bertz CT molecular complexity index is 250. The van der Waals surface area contributed by atoms with E-state index in [2.05, 4.69) is 24.2 Å². The third-order valence-corrected chi connectivity index (χ3v) is 0.845. The Balaban J connectivity index is 2.70. The van der Waals surface area contributed by atoms with Crippen molar-refractivity contribution >= 4 is 0 Å². The quantitative estimate of drug-likeness (QED) is 0.560. The van der Waals surface area contributed by atoms with Crippen molar-refractivity contribution in [1.82, 2.24) is 10.1 Å². The van der Waals surface area contributed by atoms with Crippen LogP contribution in [0.2, 0.25) is 0 Å². The van der Waals surface area contributed by atoms with Crippen LogP contribution in [0.15, 0.2) is 4.52 Å². The average molecular weight is 139 g/mol. The molecule has 0 aliphatic rings. The molecule has 0 aromatic carbocycles. The minimum atomic E-state index is 0.0960. The zero-order valence-electron chi connectivity index (χ0n) is 5.37. The summed E-state index contributed by atoms with van der Waals surface area (Å²) in [4.78, 5) is 6.77. The van der Waals surface area contributed by atoms with Gasteiger partial charge in [0.15, 0.2) is 0 Å². The average Bonchev–Trinajstić information content (AvgIpc) is 2.37. The van der Waals surface area contributed by atoms with Crippen molar-refractivity contribution in [3.05, 3.63) is 17.2 Å². The zero-order valence-corrected chi connectivity index (χ0v) is 5.37. The number of rotatable bonds is 2. The summed E-state index contributed by atoms with van der Waals surface area (Å²) < 4.78 is 9.14. The Morgan fingerprint density at radius 2 is 2.60 bits per heavy atom. The molecule has 0 aliphatic carbocycles. The van der Waals surface area contributed by atoms with Gasteiger partial charge in [0.05, 0.1) is 7.11 Å². The van der Waals surface area contributed by atoms with Crippen molar-refractivity contribution in [2.24, 2.45) is 0 Å². The molecule has 10 heavy (non-hydrogen) atoms. The number of hydrogen-bond acceptors (Lipinski definition) is 4. The molecule has 5 heteroatoms. The number of aromatic nitrogens is 2. The lowest BCUT2D eigenvalue weighted by Crippen LogP contribution is -1.83. The molecule has 0 radical (unpaired) electrons. The van der Waals surface area contributed by atoms with E-state index in [0.29, 0.717) is 5.82 Å². The fourth-order valence-electron chi connectivity index (χ4n) is 0.456. The first-order valence-electron chi connectivity index (χ1n) is 2.56. The minimum Gasteiger partial charge on any atom is -0.452 e. The third-order valence-electron chi connectivity index (χ3n) is 0.845. The van der Waals surface area contributed by atoms with Crippen LogP contribution in [-0.4, -0.2) is 17.3 Å². The fraction of sp³-hybridized carbons (Fsp3) is 0.400. The van der Waals surface area contributed by atoms with Gasteiger partial charge < -0.3 is 9.58 Å². The summed E-state index contributed by atoms with van der Waals surface area (Å²) in [6, 6.07) is 0. The zero-order chi connectivity index (χ0) is 7.40. The van der Waals surface area contributed by atoms with Gasteiger partial charge >= 0.3 is 6.08 Å². The molecule has 5 nitrogen and oxygen atoms in total. The predicted molar refractivity (Wildman–Crippen MR) is 31.2 cm³/mol. The largest absolute Gasteiger partial charge is 0.452 e. The highest BCUT2D eigenvalue weighted by atomic mass is 16.6. The second-order valence-electron chi connectivity index (χ2n) is 1.50. The Labute approximate surface area is 57.4 Å². The number of hydrogen-bond donors (Lipinski definition) is 0. The number of methoxy groups -OCH3 is 1. The Morgan fingerprint density at radius 1 is 1.80 bits per heavy atom. The smallest absolute Gasteiger partial charge is 0.417 e. The maximum absolute atomic E-state index is 6.47. The monoisotopic (exact) mass is 139 g/mol. The minimum absolute atomic E-state index is 0.0960. The van der Waals surface area contributed by atoms with Gasteiger partial charge in [0.1, 0.15) is 0 Å². The lowest BCUT2D eigenvalue weighted by molar-refractivity contribution is 0.250. The molecule has 0 fully saturated rings. The van der Waals surface area contributed by atoms with E-state index in [0.717, 1.165) is 0 Å². The van der Waals surface area contributed by atoms with Gasteiger partial charge in [-0.15, -0.1) is 4.98 Å². The van der Waals surface area contributed by atoms with Gasteiger partial charge in [0, 0.05) is 0 Å². The van der Waals surface area contributed by atoms with E-state index >= 15 is 0 Å². The van der Waals surface area contributed by atoms with Crippen molar-refractivity contribution in [3.63, 3.8) is 0 Å². The Morgan fingerprint density at radius 3 is 3.10 bits per heavy atom. The van der Waals surface area contributed by atoms with Gasteiger partial charge in [-0.05, 0) is 0 Å². The van der Waals surface area contributed by atoms with E-state index in [-0.39, 0.29) is 12.6 Å². The number of ether oxygens (including phenoxy) is 1. The molecule has 1 rings (SSSR count). The van der Waals surface area contributed by atoms with E-state index in [9.17, 15) is 0 Å². The highest BCUT2D eigenvalue weighted by Gasteiger charge is 2.06. The van der Waals surface area contributed by atoms with Crippen LogP contribution < -0.4 is 4.74 Å². The summed E-state index contributed by atoms with van der Waals surface area (Å²) >= 11 is 0. The third kappa shape index (κ3) is 1.23. The van der Waals surface area contributed by atoms with E-state index < -0.39 is 0 Å². The first-order valence-corrected chi connectivity index (χ1v) is 2.56. The molecule has 0 saturated heterocycles. The van der Waals surface area contributed by atoms with E-state index in [1.807, 2.05) is 0 Å². The van der Waals surface area contributed by atoms with Gasteiger partial charge in [-0.25, -0.2) is 6.57 Å². The highest BCUT2D eigenvalue weighted by Crippen LogP contribution is 2.04. The van der Waals surface area contributed by atoms with Crippen molar-refractivity contribution in [1.29, 1.82) is 0 Å². The van der Waals surface area contributed by atoms with Crippen LogP contribution in [0.3, 0.4) is 0 Å². The van der Waals surface area contributed by atoms with Crippen LogP contribution in [0.5, 0.6) is 6.08 Å². The number of nitrogens with zero attached hydrogens (tertiary/aromatic N) is 3. The fourth-order valence-corrected chi connectivity index (χ4v) is 0.456. The van der Waals surface area contributed by atoms with E-state index in [1.54, 1.807) is 0 Å². The maximum Gasteiger partial charge on any atom is 0.417 e. The van der Waals surface area contributed by atoms with Crippen molar-refractivity contribution in [2.75, 3.05) is 7.11 Å². The van der Waals surface area contributed by atoms with Gasteiger partial charge in [-0.1, -0.05) is 5.16 Å². The first kappa shape index (κ1) is 6.55. The van der Waals surface area contributed by atoms with Gasteiger partial charge in [0.2, 0.25) is 0 Å².